The summed E-state index contributed by atoms with van der Waals surface area (Å²) in [5, 5.41) is 19.6. The Morgan fingerprint density at radius 3 is 2.68 bits per heavy atom. The second-order valence-electron chi connectivity index (χ2n) is 5.00. The zero-order valence-electron chi connectivity index (χ0n) is 10.9. The molecule has 1 heterocycles. The molecule has 0 bridgehead atoms. The monoisotopic (exact) mass is 266 g/mol. The summed E-state index contributed by atoms with van der Waals surface area (Å²) in [5.74, 6) is -0.463. The smallest absolute Gasteiger partial charge is 0.329 e. The summed E-state index contributed by atoms with van der Waals surface area (Å²) in [6.07, 6.45) is 4.96. The molecule has 0 saturated heterocycles. The molecule has 2 rings (SSSR count). The van der Waals surface area contributed by atoms with E-state index in [9.17, 15) is 14.7 Å². The van der Waals surface area contributed by atoms with Crippen LogP contribution in [0.1, 0.15) is 37.9 Å². The van der Waals surface area contributed by atoms with E-state index in [1.165, 1.54) is 0 Å². The van der Waals surface area contributed by atoms with Crippen molar-refractivity contribution >= 4 is 11.9 Å². The lowest BCUT2D eigenvalue weighted by Crippen LogP contribution is -2.52. The van der Waals surface area contributed by atoms with Gasteiger partial charge in [0.05, 0.1) is 0 Å². The summed E-state index contributed by atoms with van der Waals surface area (Å²) < 4.78 is 1.75. The standard InChI is InChI=1S/C12H18N4O3/c1-16-8-13-15-9(16)4-5-10(17)14-12(11(18)19)6-2-3-7-12/h8H,2-7H2,1H3,(H,14,17)(H,18,19). The van der Waals surface area contributed by atoms with Crippen LogP contribution < -0.4 is 5.32 Å². The quantitative estimate of drug-likeness (QED) is 0.796. The maximum absolute atomic E-state index is 11.9. The van der Waals surface area contributed by atoms with Crippen LogP contribution in [0.25, 0.3) is 0 Å². The number of carbonyl (C=O) groups is 2. The Hall–Kier alpha value is -1.92. The van der Waals surface area contributed by atoms with Gasteiger partial charge in [0.15, 0.2) is 0 Å². The van der Waals surface area contributed by atoms with Crippen molar-refractivity contribution in [1.29, 1.82) is 0 Å². The first-order valence-corrected chi connectivity index (χ1v) is 6.41. The SMILES string of the molecule is Cn1cnnc1CCC(=O)NC1(C(=O)O)CCCC1. The van der Waals surface area contributed by atoms with Gasteiger partial charge in [-0.1, -0.05) is 12.8 Å². The minimum Gasteiger partial charge on any atom is -0.480 e. The molecule has 0 spiro atoms. The molecule has 1 fully saturated rings. The predicted molar refractivity (Wildman–Crippen MR) is 66.3 cm³/mol. The molecule has 0 aromatic carbocycles. The number of hydrogen-bond acceptors (Lipinski definition) is 4. The predicted octanol–water partition coefficient (Wildman–Crippen LogP) is 0.261. The van der Waals surface area contributed by atoms with Crippen molar-refractivity contribution in [3.05, 3.63) is 12.2 Å². The van der Waals surface area contributed by atoms with Gasteiger partial charge < -0.3 is 15.0 Å². The second kappa shape index (κ2) is 5.38. The number of carbonyl (C=O) groups excluding carboxylic acids is 1. The Labute approximate surface area is 111 Å². The lowest BCUT2D eigenvalue weighted by molar-refractivity contribution is -0.147. The fourth-order valence-corrected chi connectivity index (χ4v) is 2.46. The molecule has 0 atom stereocenters. The topological polar surface area (TPSA) is 97.1 Å². The van der Waals surface area contributed by atoms with Gasteiger partial charge in [-0.15, -0.1) is 10.2 Å². The van der Waals surface area contributed by atoms with Crippen molar-refractivity contribution in [1.82, 2.24) is 20.1 Å². The summed E-state index contributed by atoms with van der Waals surface area (Å²) in [4.78, 5) is 23.2. The van der Waals surface area contributed by atoms with Crippen LogP contribution in [-0.2, 0) is 23.1 Å². The number of carboxylic acid groups (broad SMARTS) is 1. The van der Waals surface area contributed by atoms with Gasteiger partial charge in [0.2, 0.25) is 5.91 Å². The van der Waals surface area contributed by atoms with Crippen LogP contribution in [0.15, 0.2) is 6.33 Å². The van der Waals surface area contributed by atoms with Crippen molar-refractivity contribution < 1.29 is 14.7 Å². The first kappa shape index (κ1) is 13.5. The minimum atomic E-state index is -1.06. The Balaban J connectivity index is 1.90. The fraction of sp³-hybridized carbons (Fsp3) is 0.667. The molecule has 7 nitrogen and oxygen atoms in total. The number of aliphatic carboxylic acids is 1. The van der Waals surface area contributed by atoms with Crippen LogP contribution in [-0.4, -0.2) is 37.3 Å². The van der Waals surface area contributed by atoms with Gasteiger partial charge in [0, 0.05) is 19.9 Å². The second-order valence-corrected chi connectivity index (χ2v) is 5.00. The van der Waals surface area contributed by atoms with Crippen molar-refractivity contribution in [2.24, 2.45) is 7.05 Å². The zero-order valence-corrected chi connectivity index (χ0v) is 10.9. The maximum Gasteiger partial charge on any atom is 0.329 e. The van der Waals surface area contributed by atoms with Crippen LogP contribution in [0, 0.1) is 0 Å². The molecule has 1 saturated carbocycles. The molecule has 19 heavy (non-hydrogen) atoms. The summed E-state index contributed by atoms with van der Waals surface area (Å²) >= 11 is 0. The van der Waals surface area contributed by atoms with E-state index in [0.717, 1.165) is 12.8 Å². The van der Waals surface area contributed by atoms with E-state index < -0.39 is 11.5 Å². The normalized spacial score (nSPS) is 17.3. The van der Waals surface area contributed by atoms with Crippen molar-refractivity contribution in [2.45, 2.75) is 44.1 Å². The Bertz CT molecular complexity index is 477. The number of rotatable bonds is 5. The Morgan fingerprint density at radius 1 is 1.47 bits per heavy atom. The fourth-order valence-electron chi connectivity index (χ4n) is 2.46. The third-order valence-electron chi connectivity index (χ3n) is 3.63. The number of hydrogen-bond donors (Lipinski definition) is 2. The van der Waals surface area contributed by atoms with Gasteiger partial charge in [-0.3, -0.25) is 4.79 Å². The van der Waals surface area contributed by atoms with E-state index >= 15 is 0 Å². The molecule has 1 aromatic heterocycles. The number of aryl methyl sites for hydroxylation is 2. The molecule has 2 N–H and O–H groups in total. The number of aromatic nitrogens is 3. The third kappa shape index (κ3) is 2.91. The lowest BCUT2D eigenvalue weighted by atomic mass is 9.97. The van der Waals surface area contributed by atoms with Gasteiger partial charge in [-0.2, -0.15) is 0 Å². The molecule has 1 aliphatic carbocycles. The minimum absolute atomic E-state index is 0.224. The highest BCUT2D eigenvalue weighted by atomic mass is 16.4. The number of amides is 1. The lowest BCUT2D eigenvalue weighted by Gasteiger charge is -2.25. The van der Waals surface area contributed by atoms with Crippen LogP contribution in [0.5, 0.6) is 0 Å². The molecule has 0 radical (unpaired) electrons. The van der Waals surface area contributed by atoms with Gasteiger partial charge in [0.25, 0.3) is 0 Å². The van der Waals surface area contributed by atoms with E-state index in [0.29, 0.717) is 25.1 Å². The number of nitrogens with one attached hydrogen (secondary N) is 1. The molecule has 0 aliphatic heterocycles. The number of carboxylic acids is 1. The van der Waals surface area contributed by atoms with Crippen LogP contribution >= 0.6 is 0 Å². The molecule has 1 aliphatic rings. The average Bonchev–Trinajstić information content (AvgIpc) is 2.97. The summed E-state index contributed by atoms with van der Waals surface area (Å²) in [7, 11) is 1.81. The van der Waals surface area contributed by atoms with Crippen LogP contribution in [0.4, 0.5) is 0 Å². The number of nitrogens with zero attached hydrogens (tertiary/aromatic N) is 3. The molecular weight excluding hydrogens is 248 g/mol. The van der Waals surface area contributed by atoms with Crippen LogP contribution in [0.3, 0.4) is 0 Å². The highest BCUT2D eigenvalue weighted by molar-refractivity contribution is 5.87. The average molecular weight is 266 g/mol. The van der Waals surface area contributed by atoms with Gasteiger partial charge in [-0.25, -0.2) is 4.79 Å². The summed E-state index contributed by atoms with van der Waals surface area (Å²) in [6.45, 7) is 0. The van der Waals surface area contributed by atoms with Gasteiger partial charge in [-0.05, 0) is 12.8 Å². The highest BCUT2D eigenvalue weighted by Gasteiger charge is 2.42. The largest absolute Gasteiger partial charge is 0.480 e. The highest BCUT2D eigenvalue weighted by Crippen LogP contribution is 2.30. The maximum atomic E-state index is 11.9. The first-order valence-electron chi connectivity index (χ1n) is 6.41. The van der Waals surface area contributed by atoms with Gasteiger partial charge in [0.1, 0.15) is 17.7 Å². The zero-order chi connectivity index (χ0) is 13.9. The van der Waals surface area contributed by atoms with Crippen molar-refractivity contribution in [2.75, 3.05) is 0 Å². The van der Waals surface area contributed by atoms with Crippen molar-refractivity contribution in [3.63, 3.8) is 0 Å². The van der Waals surface area contributed by atoms with E-state index in [2.05, 4.69) is 15.5 Å². The Morgan fingerprint density at radius 2 is 2.16 bits per heavy atom. The molecule has 7 heteroatoms. The third-order valence-corrected chi connectivity index (χ3v) is 3.63. The van der Waals surface area contributed by atoms with Gasteiger partial charge >= 0.3 is 5.97 Å². The van der Waals surface area contributed by atoms with E-state index in [1.807, 2.05) is 7.05 Å². The van der Waals surface area contributed by atoms with E-state index in [-0.39, 0.29) is 12.3 Å². The molecule has 1 amide bonds. The van der Waals surface area contributed by atoms with E-state index in [1.54, 1.807) is 10.9 Å². The molecule has 104 valence electrons. The molecular formula is C12H18N4O3. The van der Waals surface area contributed by atoms with Crippen molar-refractivity contribution in [3.8, 4) is 0 Å². The van der Waals surface area contributed by atoms with Crippen LogP contribution in [0.2, 0.25) is 0 Å². The Kier molecular flexibility index (Phi) is 3.82. The first-order chi connectivity index (χ1) is 9.03. The summed E-state index contributed by atoms with van der Waals surface area (Å²) in [5.41, 5.74) is -1.06. The summed E-state index contributed by atoms with van der Waals surface area (Å²) in [6, 6.07) is 0. The molecule has 1 aromatic rings. The molecule has 0 unspecified atom stereocenters. The van der Waals surface area contributed by atoms with E-state index in [4.69, 9.17) is 0 Å².